The first-order chi connectivity index (χ1) is 10.3. The minimum atomic E-state index is -4.32. The molecule has 0 heterocycles. The summed E-state index contributed by atoms with van der Waals surface area (Å²) in [7, 11) is -4.32. The minimum absolute atomic E-state index is 0.222. The van der Waals surface area contributed by atoms with Crippen LogP contribution in [0.3, 0.4) is 0 Å². The number of carboxylic acids is 1. The van der Waals surface area contributed by atoms with Crippen molar-refractivity contribution in [3.63, 3.8) is 0 Å². The van der Waals surface area contributed by atoms with Crippen LogP contribution in [0.15, 0.2) is 30.3 Å². The van der Waals surface area contributed by atoms with Gasteiger partial charge in [-0.2, -0.15) is 0 Å². The second-order valence-electron chi connectivity index (χ2n) is 4.66. The monoisotopic (exact) mass is 331 g/mol. The van der Waals surface area contributed by atoms with Crippen LogP contribution < -0.4 is 5.32 Å². The van der Waals surface area contributed by atoms with E-state index in [2.05, 4.69) is 10.1 Å². The highest BCUT2D eigenvalue weighted by Gasteiger charge is 2.24. The standard InChI is InChI=1S/C13H18NO7P/c15-12(16)6-7-21-13(17)14-11(9-22(18,19)20)8-10-4-2-1-3-5-10/h1-5,11H,6-9H2,(H,14,17)(H,15,16)(H2,18,19,20). The van der Waals surface area contributed by atoms with Gasteiger partial charge in [0.2, 0.25) is 0 Å². The average Bonchev–Trinajstić information content (AvgIpc) is 2.37. The normalized spacial score (nSPS) is 12.5. The molecule has 1 amide bonds. The number of benzene rings is 1. The van der Waals surface area contributed by atoms with Crippen molar-refractivity contribution in [3.05, 3.63) is 35.9 Å². The number of carbonyl (C=O) groups is 2. The zero-order valence-electron chi connectivity index (χ0n) is 11.7. The molecule has 4 N–H and O–H groups in total. The van der Waals surface area contributed by atoms with Crippen LogP contribution in [0.25, 0.3) is 0 Å². The van der Waals surface area contributed by atoms with Gasteiger partial charge < -0.3 is 24.9 Å². The molecule has 8 nitrogen and oxygen atoms in total. The van der Waals surface area contributed by atoms with Crippen molar-refractivity contribution in [1.29, 1.82) is 0 Å². The topological polar surface area (TPSA) is 133 Å². The molecule has 1 aromatic rings. The first-order valence-corrected chi connectivity index (χ1v) is 8.29. The van der Waals surface area contributed by atoms with E-state index in [0.29, 0.717) is 0 Å². The van der Waals surface area contributed by atoms with Gasteiger partial charge in [-0.25, -0.2) is 4.79 Å². The van der Waals surface area contributed by atoms with E-state index < -0.39 is 31.9 Å². The van der Waals surface area contributed by atoms with Gasteiger partial charge in [0.15, 0.2) is 0 Å². The van der Waals surface area contributed by atoms with Crippen molar-refractivity contribution >= 4 is 19.7 Å². The number of aliphatic carboxylic acids is 1. The summed E-state index contributed by atoms with van der Waals surface area (Å²) in [6.45, 7) is -0.310. The predicted octanol–water partition coefficient (Wildman–Crippen LogP) is 0.976. The Labute approximate surface area is 127 Å². The largest absolute Gasteiger partial charge is 0.481 e. The van der Waals surface area contributed by atoms with E-state index in [1.165, 1.54) is 0 Å². The lowest BCUT2D eigenvalue weighted by atomic mass is 10.1. The summed E-state index contributed by atoms with van der Waals surface area (Å²) in [5.41, 5.74) is 0.798. The van der Waals surface area contributed by atoms with Crippen molar-refractivity contribution < 1.29 is 33.8 Å². The third-order valence-corrected chi connectivity index (χ3v) is 3.57. The van der Waals surface area contributed by atoms with Gasteiger partial charge in [-0.3, -0.25) is 9.36 Å². The number of hydrogen-bond donors (Lipinski definition) is 4. The number of alkyl carbamates (subject to hydrolysis) is 1. The summed E-state index contributed by atoms with van der Waals surface area (Å²) >= 11 is 0. The van der Waals surface area contributed by atoms with Gasteiger partial charge >= 0.3 is 19.7 Å². The quantitative estimate of drug-likeness (QED) is 0.522. The molecule has 0 bridgehead atoms. The van der Waals surface area contributed by atoms with E-state index >= 15 is 0 Å². The Morgan fingerprint density at radius 2 is 1.86 bits per heavy atom. The maximum absolute atomic E-state index is 11.5. The van der Waals surface area contributed by atoms with Crippen LogP contribution in [0.4, 0.5) is 4.79 Å². The molecule has 1 rings (SSSR count). The molecule has 0 radical (unpaired) electrons. The summed E-state index contributed by atoms with van der Waals surface area (Å²) in [6.07, 6.45) is -1.55. The van der Waals surface area contributed by atoms with Gasteiger partial charge in [-0.1, -0.05) is 30.3 Å². The van der Waals surface area contributed by atoms with E-state index in [4.69, 9.17) is 14.9 Å². The number of nitrogens with one attached hydrogen (secondary N) is 1. The van der Waals surface area contributed by atoms with Crippen LogP contribution >= 0.6 is 7.60 Å². The van der Waals surface area contributed by atoms with E-state index in [9.17, 15) is 14.2 Å². The molecule has 0 spiro atoms. The summed E-state index contributed by atoms with van der Waals surface area (Å²) in [5.74, 6) is -1.11. The number of ether oxygens (including phenoxy) is 1. The Morgan fingerprint density at radius 3 is 2.41 bits per heavy atom. The fraction of sp³-hybridized carbons (Fsp3) is 0.385. The molecular formula is C13H18NO7P. The molecule has 0 aromatic heterocycles. The second-order valence-corrected chi connectivity index (χ2v) is 6.35. The van der Waals surface area contributed by atoms with Crippen molar-refractivity contribution in [3.8, 4) is 0 Å². The van der Waals surface area contributed by atoms with Gasteiger partial charge in [0, 0.05) is 6.04 Å². The molecule has 0 saturated heterocycles. The van der Waals surface area contributed by atoms with Crippen LogP contribution in [0.1, 0.15) is 12.0 Å². The van der Waals surface area contributed by atoms with Gasteiger partial charge in [-0.05, 0) is 12.0 Å². The Kier molecular flexibility index (Phi) is 7.04. The molecule has 0 aliphatic carbocycles. The van der Waals surface area contributed by atoms with Crippen LogP contribution in [-0.2, 0) is 20.5 Å². The van der Waals surface area contributed by atoms with Gasteiger partial charge in [0.1, 0.15) is 6.61 Å². The smallest absolute Gasteiger partial charge is 0.407 e. The summed E-state index contributed by atoms with van der Waals surface area (Å²) in [6, 6.07) is 8.06. The van der Waals surface area contributed by atoms with Crippen molar-refractivity contribution in [1.82, 2.24) is 5.32 Å². The van der Waals surface area contributed by atoms with E-state index in [1.807, 2.05) is 0 Å². The Balaban J connectivity index is 2.60. The zero-order valence-corrected chi connectivity index (χ0v) is 12.6. The molecule has 0 aliphatic rings. The van der Waals surface area contributed by atoms with Gasteiger partial charge in [0.25, 0.3) is 0 Å². The fourth-order valence-corrected chi connectivity index (χ4v) is 2.58. The molecule has 0 fully saturated rings. The molecule has 9 heteroatoms. The minimum Gasteiger partial charge on any atom is -0.481 e. The van der Waals surface area contributed by atoms with Crippen LogP contribution in [-0.4, -0.2) is 45.8 Å². The number of hydrogen-bond acceptors (Lipinski definition) is 4. The summed E-state index contributed by atoms with van der Waals surface area (Å²) in [4.78, 5) is 40.0. The van der Waals surface area contributed by atoms with Crippen molar-refractivity contribution in [2.75, 3.05) is 12.8 Å². The summed E-state index contributed by atoms with van der Waals surface area (Å²) in [5, 5.41) is 10.8. The second kappa shape index (κ2) is 8.53. The Hall–Kier alpha value is -1.89. The summed E-state index contributed by atoms with van der Waals surface area (Å²) < 4.78 is 15.8. The molecule has 122 valence electrons. The third kappa shape index (κ3) is 8.41. The molecule has 1 unspecified atom stereocenters. The van der Waals surface area contributed by atoms with Gasteiger partial charge in [0.05, 0.1) is 12.6 Å². The first-order valence-electron chi connectivity index (χ1n) is 6.50. The van der Waals surface area contributed by atoms with E-state index in [0.717, 1.165) is 5.56 Å². The fourth-order valence-electron chi connectivity index (χ4n) is 1.79. The zero-order chi connectivity index (χ0) is 16.6. The number of amides is 1. The number of rotatable bonds is 8. The van der Waals surface area contributed by atoms with Gasteiger partial charge in [-0.15, -0.1) is 0 Å². The lowest BCUT2D eigenvalue weighted by Crippen LogP contribution is -2.39. The highest BCUT2D eigenvalue weighted by molar-refractivity contribution is 7.51. The highest BCUT2D eigenvalue weighted by atomic mass is 31.2. The van der Waals surface area contributed by atoms with Crippen LogP contribution in [0.5, 0.6) is 0 Å². The first kappa shape index (κ1) is 18.2. The molecule has 22 heavy (non-hydrogen) atoms. The Morgan fingerprint density at radius 1 is 1.23 bits per heavy atom. The number of carboxylic acid groups (broad SMARTS) is 1. The maximum Gasteiger partial charge on any atom is 0.407 e. The average molecular weight is 331 g/mol. The van der Waals surface area contributed by atoms with Crippen LogP contribution in [0, 0.1) is 0 Å². The number of carbonyl (C=O) groups excluding carboxylic acids is 1. The molecule has 0 aliphatic heterocycles. The lowest BCUT2D eigenvalue weighted by molar-refractivity contribution is -0.137. The predicted molar refractivity (Wildman–Crippen MR) is 77.6 cm³/mol. The molecule has 1 atom stereocenters. The Bertz CT molecular complexity index is 543. The van der Waals surface area contributed by atoms with Crippen molar-refractivity contribution in [2.45, 2.75) is 18.9 Å². The molecule has 1 aromatic carbocycles. The lowest BCUT2D eigenvalue weighted by Gasteiger charge is -2.19. The van der Waals surface area contributed by atoms with Crippen molar-refractivity contribution in [2.24, 2.45) is 0 Å². The maximum atomic E-state index is 11.5. The van der Waals surface area contributed by atoms with E-state index in [1.54, 1.807) is 30.3 Å². The van der Waals surface area contributed by atoms with E-state index in [-0.39, 0.29) is 19.4 Å². The molecule has 0 saturated carbocycles. The SMILES string of the molecule is O=C(O)CCOC(=O)NC(Cc1ccccc1)CP(=O)(O)O. The van der Waals surface area contributed by atoms with Crippen LogP contribution in [0.2, 0.25) is 0 Å². The molecular weight excluding hydrogens is 313 g/mol. The highest BCUT2D eigenvalue weighted by Crippen LogP contribution is 2.35. The third-order valence-electron chi connectivity index (χ3n) is 2.65.